The molecule has 7 nitrogen and oxygen atoms in total. The molecule has 30 heavy (non-hydrogen) atoms. The lowest BCUT2D eigenvalue weighted by molar-refractivity contribution is -0.126. The number of amides is 1. The number of sulfone groups is 1. The van der Waals surface area contributed by atoms with Crippen molar-refractivity contribution in [1.29, 1.82) is 0 Å². The monoisotopic (exact) mass is 430 g/mol. The Morgan fingerprint density at radius 2 is 1.83 bits per heavy atom. The zero-order chi connectivity index (χ0) is 21.3. The average molecular weight is 431 g/mol. The Labute approximate surface area is 178 Å². The third kappa shape index (κ3) is 4.44. The first-order chi connectivity index (χ1) is 14.3. The second kappa shape index (κ2) is 8.51. The number of nitrogens with zero attached hydrogens (tertiary/aromatic N) is 3. The predicted molar refractivity (Wildman–Crippen MR) is 116 cm³/mol. The van der Waals surface area contributed by atoms with Gasteiger partial charge in [-0.3, -0.25) is 9.69 Å². The molecular weight excluding hydrogens is 400 g/mol. The molecule has 1 aromatic carbocycles. The topological polar surface area (TPSA) is 84.3 Å². The van der Waals surface area contributed by atoms with E-state index in [9.17, 15) is 13.2 Å². The summed E-state index contributed by atoms with van der Waals surface area (Å²) in [4.78, 5) is 15.0. The minimum absolute atomic E-state index is 0.0101. The normalized spacial score (nSPS) is 22.3. The number of piperidine rings is 1. The second-order valence-corrected chi connectivity index (χ2v) is 10.7. The van der Waals surface area contributed by atoms with Crippen molar-refractivity contribution in [3.8, 4) is 5.69 Å². The first-order valence-corrected chi connectivity index (χ1v) is 12.5. The lowest BCUT2D eigenvalue weighted by Crippen LogP contribution is -2.45. The molecule has 3 heterocycles. The van der Waals surface area contributed by atoms with Crippen LogP contribution in [0.3, 0.4) is 0 Å². The fourth-order valence-corrected chi connectivity index (χ4v) is 6.42. The predicted octanol–water partition coefficient (Wildman–Crippen LogP) is 2.00. The van der Waals surface area contributed by atoms with Gasteiger partial charge < -0.3 is 5.32 Å². The Morgan fingerprint density at radius 1 is 1.13 bits per heavy atom. The number of para-hydroxylation sites is 1. The Balaban J connectivity index is 1.32. The molecule has 2 saturated heterocycles. The zero-order valence-electron chi connectivity index (χ0n) is 17.7. The lowest BCUT2D eigenvalue weighted by atomic mass is 9.94. The third-order valence-electron chi connectivity index (χ3n) is 6.51. The first kappa shape index (κ1) is 21.1. The number of nitrogens with one attached hydrogen (secondary N) is 1. The van der Waals surface area contributed by atoms with Gasteiger partial charge in [0, 0.05) is 29.8 Å². The number of carbonyl (C=O) groups is 1. The van der Waals surface area contributed by atoms with Gasteiger partial charge in [-0.2, -0.15) is 5.10 Å². The summed E-state index contributed by atoms with van der Waals surface area (Å²) in [5, 5.41) is 7.75. The van der Waals surface area contributed by atoms with Crippen molar-refractivity contribution in [3.05, 3.63) is 47.3 Å². The first-order valence-electron chi connectivity index (χ1n) is 10.7. The highest BCUT2D eigenvalue weighted by molar-refractivity contribution is 7.91. The fraction of sp³-hybridized carbons (Fsp3) is 0.545. The summed E-state index contributed by atoms with van der Waals surface area (Å²) in [6.45, 7) is 6.07. The van der Waals surface area contributed by atoms with Crippen LogP contribution in [-0.4, -0.2) is 59.6 Å². The smallest absolute Gasteiger partial charge is 0.223 e. The summed E-state index contributed by atoms with van der Waals surface area (Å²) in [5.41, 5.74) is 4.03. The van der Waals surface area contributed by atoms with Gasteiger partial charge in [0.05, 0.1) is 22.9 Å². The highest BCUT2D eigenvalue weighted by Gasteiger charge is 2.35. The molecule has 0 bridgehead atoms. The number of aryl methyl sites for hydroxylation is 1. The van der Waals surface area contributed by atoms with Crippen molar-refractivity contribution in [3.63, 3.8) is 0 Å². The molecule has 1 aromatic heterocycles. The minimum atomic E-state index is -2.87. The average Bonchev–Trinajstić information content (AvgIpc) is 3.25. The second-order valence-electron chi connectivity index (χ2n) is 8.48. The van der Waals surface area contributed by atoms with Crippen LogP contribution in [-0.2, 0) is 21.2 Å². The van der Waals surface area contributed by atoms with Gasteiger partial charge in [-0.25, -0.2) is 13.1 Å². The van der Waals surface area contributed by atoms with Crippen LogP contribution in [0.5, 0.6) is 0 Å². The molecule has 2 fully saturated rings. The molecule has 2 aromatic rings. The highest BCUT2D eigenvalue weighted by atomic mass is 32.2. The molecule has 2 aliphatic heterocycles. The number of benzene rings is 1. The van der Waals surface area contributed by atoms with Crippen molar-refractivity contribution in [2.45, 2.75) is 45.7 Å². The van der Waals surface area contributed by atoms with Crippen LogP contribution in [0.15, 0.2) is 30.3 Å². The number of carbonyl (C=O) groups excluding carboxylic acids is 1. The van der Waals surface area contributed by atoms with E-state index in [2.05, 4.69) is 15.3 Å². The number of aromatic nitrogens is 2. The Morgan fingerprint density at radius 3 is 2.47 bits per heavy atom. The molecule has 0 radical (unpaired) electrons. The van der Waals surface area contributed by atoms with E-state index in [0.29, 0.717) is 12.3 Å². The highest BCUT2D eigenvalue weighted by Crippen LogP contribution is 2.25. The van der Waals surface area contributed by atoms with Gasteiger partial charge in [-0.1, -0.05) is 18.2 Å². The van der Waals surface area contributed by atoms with Crippen LogP contribution < -0.4 is 5.32 Å². The van der Waals surface area contributed by atoms with Gasteiger partial charge in [-0.05, 0) is 58.3 Å². The van der Waals surface area contributed by atoms with Crippen LogP contribution in [0.4, 0.5) is 0 Å². The molecule has 0 spiro atoms. The number of rotatable bonds is 5. The van der Waals surface area contributed by atoms with Gasteiger partial charge in [0.1, 0.15) is 0 Å². The standard InChI is InChI=1S/C22H30N4O3S/c1-16-21(17(2)26(24-16)19-6-4-3-5-7-19)14-23-22(27)18-8-11-25(12-9-18)20-10-13-30(28,29)15-20/h3-7,18,20H,8-15H2,1-2H3,(H,23,27)/t20-/m0/s1. The number of likely N-dealkylation sites (tertiary alicyclic amines) is 1. The lowest BCUT2D eigenvalue weighted by Gasteiger charge is -2.34. The molecule has 0 unspecified atom stereocenters. The van der Waals surface area contributed by atoms with E-state index < -0.39 is 9.84 Å². The van der Waals surface area contributed by atoms with E-state index >= 15 is 0 Å². The van der Waals surface area contributed by atoms with E-state index in [-0.39, 0.29) is 23.6 Å². The van der Waals surface area contributed by atoms with Gasteiger partial charge in [-0.15, -0.1) is 0 Å². The fourth-order valence-electron chi connectivity index (χ4n) is 4.66. The minimum Gasteiger partial charge on any atom is -0.352 e. The van der Waals surface area contributed by atoms with Crippen LogP contribution in [0.2, 0.25) is 0 Å². The van der Waals surface area contributed by atoms with Gasteiger partial charge >= 0.3 is 0 Å². The molecule has 0 saturated carbocycles. The van der Waals surface area contributed by atoms with Crippen molar-refractivity contribution in [2.75, 3.05) is 24.6 Å². The summed E-state index contributed by atoms with van der Waals surface area (Å²) in [6, 6.07) is 10.1. The van der Waals surface area contributed by atoms with E-state index in [1.807, 2.05) is 48.9 Å². The molecule has 0 aliphatic carbocycles. The van der Waals surface area contributed by atoms with Gasteiger partial charge in [0.15, 0.2) is 9.84 Å². The Bertz CT molecular complexity index is 1010. The number of hydrogen-bond acceptors (Lipinski definition) is 5. The number of hydrogen-bond donors (Lipinski definition) is 1. The third-order valence-corrected chi connectivity index (χ3v) is 8.26. The van der Waals surface area contributed by atoms with Crippen molar-refractivity contribution in [2.24, 2.45) is 5.92 Å². The van der Waals surface area contributed by atoms with Crippen LogP contribution in [0, 0.1) is 19.8 Å². The summed E-state index contributed by atoms with van der Waals surface area (Å²) in [7, 11) is -2.87. The maximum atomic E-state index is 12.7. The van der Waals surface area contributed by atoms with Crippen LogP contribution in [0.1, 0.15) is 36.2 Å². The van der Waals surface area contributed by atoms with E-state index in [0.717, 1.165) is 55.0 Å². The Kier molecular flexibility index (Phi) is 5.97. The molecule has 1 N–H and O–H groups in total. The molecule has 162 valence electrons. The quantitative estimate of drug-likeness (QED) is 0.784. The van der Waals surface area contributed by atoms with E-state index in [4.69, 9.17) is 0 Å². The summed E-state index contributed by atoms with van der Waals surface area (Å²) >= 11 is 0. The van der Waals surface area contributed by atoms with Crippen molar-refractivity contribution < 1.29 is 13.2 Å². The largest absolute Gasteiger partial charge is 0.352 e. The summed E-state index contributed by atoms with van der Waals surface area (Å²) < 4.78 is 25.4. The van der Waals surface area contributed by atoms with Crippen LogP contribution in [0.25, 0.3) is 5.69 Å². The van der Waals surface area contributed by atoms with E-state index in [1.54, 1.807) is 0 Å². The maximum absolute atomic E-state index is 12.7. The zero-order valence-corrected chi connectivity index (χ0v) is 18.5. The maximum Gasteiger partial charge on any atom is 0.223 e. The van der Waals surface area contributed by atoms with Gasteiger partial charge in [0.2, 0.25) is 5.91 Å². The Hall–Kier alpha value is -2.19. The van der Waals surface area contributed by atoms with Crippen LogP contribution >= 0.6 is 0 Å². The van der Waals surface area contributed by atoms with Gasteiger partial charge in [0.25, 0.3) is 0 Å². The van der Waals surface area contributed by atoms with E-state index in [1.165, 1.54) is 0 Å². The summed E-state index contributed by atoms with van der Waals surface area (Å²) in [6.07, 6.45) is 2.29. The molecular formula is C22H30N4O3S. The SMILES string of the molecule is Cc1nn(-c2ccccc2)c(C)c1CNC(=O)C1CCN([C@H]2CCS(=O)(=O)C2)CC1. The molecule has 1 atom stereocenters. The molecule has 4 rings (SSSR count). The van der Waals surface area contributed by atoms with Crippen molar-refractivity contribution in [1.82, 2.24) is 20.0 Å². The summed E-state index contributed by atoms with van der Waals surface area (Å²) in [5.74, 6) is 0.644. The molecule has 1 amide bonds. The molecule has 8 heteroatoms. The van der Waals surface area contributed by atoms with Crippen molar-refractivity contribution >= 4 is 15.7 Å². The molecule has 2 aliphatic rings.